The van der Waals surface area contributed by atoms with Crippen molar-refractivity contribution in [3.8, 4) is 0 Å². The Kier molecular flexibility index (Phi) is 63.9. The van der Waals surface area contributed by atoms with Gasteiger partial charge in [0.15, 0.2) is 6.10 Å². The maximum Gasteiger partial charge on any atom is 0.306 e. The van der Waals surface area contributed by atoms with Crippen molar-refractivity contribution in [3.05, 3.63) is 146 Å². The van der Waals surface area contributed by atoms with Gasteiger partial charge in [-0.1, -0.05) is 295 Å². The van der Waals surface area contributed by atoms with Gasteiger partial charge in [-0.3, -0.25) is 14.4 Å². The smallest absolute Gasteiger partial charge is 0.306 e. The number of rotatable bonds is 59. The van der Waals surface area contributed by atoms with Crippen LogP contribution < -0.4 is 0 Å². The highest BCUT2D eigenvalue weighted by Gasteiger charge is 2.19. The Morgan fingerprint density at radius 2 is 0.481 bits per heavy atom. The van der Waals surface area contributed by atoms with Gasteiger partial charge in [-0.2, -0.15) is 0 Å². The van der Waals surface area contributed by atoms with E-state index in [2.05, 4.69) is 167 Å². The van der Waals surface area contributed by atoms with Crippen LogP contribution in [-0.2, 0) is 28.6 Å². The van der Waals surface area contributed by atoms with E-state index >= 15 is 0 Å². The summed E-state index contributed by atoms with van der Waals surface area (Å²) in [6.45, 7) is 6.33. The average Bonchev–Trinajstić information content (AvgIpc) is 3.47. The van der Waals surface area contributed by atoms with Crippen molar-refractivity contribution in [1.29, 1.82) is 0 Å². The zero-order chi connectivity index (χ0) is 58.5. The number of allylic oxidation sites excluding steroid dienone is 24. The molecule has 0 saturated carbocycles. The molecule has 0 aliphatic rings. The Morgan fingerprint density at radius 3 is 0.753 bits per heavy atom. The van der Waals surface area contributed by atoms with Gasteiger partial charge in [0.2, 0.25) is 0 Å². The third-order valence-electron chi connectivity index (χ3n) is 13.8. The van der Waals surface area contributed by atoms with Crippen molar-refractivity contribution < 1.29 is 28.6 Å². The largest absolute Gasteiger partial charge is 0.462 e. The highest BCUT2D eigenvalue weighted by Crippen LogP contribution is 2.16. The van der Waals surface area contributed by atoms with E-state index in [1.165, 1.54) is 103 Å². The summed E-state index contributed by atoms with van der Waals surface area (Å²) in [5, 5.41) is 0. The Bertz CT molecular complexity index is 1760. The van der Waals surface area contributed by atoms with E-state index in [0.29, 0.717) is 19.3 Å². The topological polar surface area (TPSA) is 78.9 Å². The van der Waals surface area contributed by atoms with Crippen LogP contribution in [0.2, 0.25) is 0 Å². The summed E-state index contributed by atoms with van der Waals surface area (Å²) >= 11 is 0. The number of carbonyl (C=O) groups excluding carboxylic acids is 3. The molecule has 0 aromatic rings. The molecule has 0 saturated heterocycles. The molecule has 0 aromatic heterocycles. The molecule has 458 valence electrons. The fourth-order valence-electron chi connectivity index (χ4n) is 8.92. The van der Waals surface area contributed by atoms with Crippen molar-refractivity contribution in [2.45, 2.75) is 297 Å². The standard InChI is InChI=1S/C75H122O6/c1-4-7-10-13-15-17-19-21-23-25-27-29-31-33-34-35-36-37-38-39-40-42-43-45-47-49-51-53-55-57-59-62-65-68-74(77)80-71-72(70-79-73(76)67-64-61-12-9-6-3)81-75(78)69-66-63-60-58-56-54-52-50-48-46-44-41-32-30-28-26-24-22-20-18-16-14-11-8-5-2/h7-8,10-11,15-18,21-24,27-30,33-34,36-37,39-41,44,72H,4-6,9,12-14,19-20,25-26,31-32,35,38,42-43,45-71H2,1-3H3/b10-7-,11-8-,17-15-,18-16-,23-21-,24-22-,29-27-,30-28-,34-33-,37-36-,40-39-,44-41-. The van der Waals surface area contributed by atoms with Gasteiger partial charge < -0.3 is 14.2 Å². The molecular formula is C75H122O6. The van der Waals surface area contributed by atoms with E-state index in [-0.39, 0.29) is 31.1 Å². The van der Waals surface area contributed by atoms with Gasteiger partial charge in [0.05, 0.1) is 0 Å². The van der Waals surface area contributed by atoms with Crippen LogP contribution in [0.25, 0.3) is 0 Å². The molecule has 0 aromatic carbocycles. The molecule has 1 atom stereocenters. The number of esters is 3. The molecule has 0 N–H and O–H groups in total. The van der Waals surface area contributed by atoms with Crippen molar-refractivity contribution in [3.63, 3.8) is 0 Å². The summed E-state index contributed by atoms with van der Waals surface area (Å²) in [5.74, 6) is -0.906. The SMILES string of the molecule is CC/C=C\C/C=C\C/C=C\C/C=C\C/C=C\C/C=C\C/C=C\CCCCCCCCCCCCCC(=O)OCC(COC(=O)CCCCCCC)OC(=O)CCCCCCCCCCC/C=C\C/C=C\C/C=C\C/C=C\C/C=C\CC. The number of unbranched alkanes of at least 4 members (excludes halogenated alkanes) is 24. The highest BCUT2D eigenvalue weighted by atomic mass is 16.6. The fourth-order valence-corrected chi connectivity index (χ4v) is 8.92. The van der Waals surface area contributed by atoms with Crippen LogP contribution >= 0.6 is 0 Å². The lowest BCUT2D eigenvalue weighted by Crippen LogP contribution is -2.30. The molecule has 0 bridgehead atoms. The third kappa shape index (κ3) is 66.0. The van der Waals surface area contributed by atoms with Crippen LogP contribution in [0, 0.1) is 0 Å². The lowest BCUT2D eigenvalue weighted by molar-refractivity contribution is -0.167. The molecule has 0 aliphatic carbocycles. The van der Waals surface area contributed by atoms with Crippen molar-refractivity contribution in [2.75, 3.05) is 13.2 Å². The second kappa shape index (κ2) is 67.8. The van der Waals surface area contributed by atoms with Crippen LogP contribution in [0.3, 0.4) is 0 Å². The first kappa shape index (κ1) is 76.3. The molecule has 6 nitrogen and oxygen atoms in total. The second-order valence-corrected chi connectivity index (χ2v) is 21.6. The van der Waals surface area contributed by atoms with E-state index in [4.69, 9.17) is 14.2 Å². The molecule has 81 heavy (non-hydrogen) atoms. The van der Waals surface area contributed by atoms with Gasteiger partial charge in [0.1, 0.15) is 13.2 Å². The zero-order valence-electron chi connectivity index (χ0n) is 52.5. The molecule has 0 heterocycles. The van der Waals surface area contributed by atoms with Gasteiger partial charge in [0, 0.05) is 19.3 Å². The minimum atomic E-state index is -0.784. The van der Waals surface area contributed by atoms with Crippen LogP contribution in [0.1, 0.15) is 290 Å². The Labute approximate surface area is 499 Å². The predicted molar refractivity (Wildman–Crippen MR) is 352 cm³/mol. The van der Waals surface area contributed by atoms with E-state index in [1.54, 1.807) is 0 Å². The molecule has 0 radical (unpaired) electrons. The van der Waals surface area contributed by atoms with Crippen LogP contribution in [0.5, 0.6) is 0 Å². The van der Waals surface area contributed by atoms with Gasteiger partial charge in [-0.05, 0) is 122 Å². The van der Waals surface area contributed by atoms with Gasteiger partial charge in [-0.15, -0.1) is 0 Å². The number of hydrogen-bond acceptors (Lipinski definition) is 6. The third-order valence-corrected chi connectivity index (χ3v) is 13.8. The van der Waals surface area contributed by atoms with Crippen molar-refractivity contribution >= 4 is 17.9 Å². The van der Waals surface area contributed by atoms with E-state index in [0.717, 1.165) is 148 Å². The first-order chi connectivity index (χ1) is 40.0. The zero-order valence-corrected chi connectivity index (χ0v) is 52.5. The molecule has 0 spiro atoms. The molecular weight excluding hydrogens is 997 g/mol. The molecule has 1 unspecified atom stereocenters. The van der Waals surface area contributed by atoms with Crippen molar-refractivity contribution in [1.82, 2.24) is 0 Å². The van der Waals surface area contributed by atoms with Crippen LogP contribution in [0.4, 0.5) is 0 Å². The summed E-state index contributed by atoms with van der Waals surface area (Å²) < 4.78 is 16.8. The Balaban J connectivity index is 4.06. The first-order valence-electron chi connectivity index (χ1n) is 33.3. The summed E-state index contributed by atoms with van der Waals surface area (Å²) in [4.78, 5) is 38.0. The number of hydrogen-bond donors (Lipinski definition) is 0. The van der Waals surface area contributed by atoms with Crippen molar-refractivity contribution in [2.24, 2.45) is 0 Å². The van der Waals surface area contributed by atoms with E-state index in [9.17, 15) is 14.4 Å². The number of carbonyl (C=O) groups is 3. The second-order valence-electron chi connectivity index (χ2n) is 21.6. The lowest BCUT2D eigenvalue weighted by Gasteiger charge is -2.18. The summed E-state index contributed by atoms with van der Waals surface area (Å²) in [7, 11) is 0. The predicted octanol–water partition coefficient (Wildman–Crippen LogP) is 23.1. The lowest BCUT2D eigenvalue weighted by atomic mass is 10.0. The quantitative estimate of drug-likeness (QED) is 0.0261. The molecule has 0 rings (SSSR count). The maximum atomic E-state index is 12.8. The highest BCUT2D eigenvalue weighted by molar-refractivity contribution is 5.71. The van der Waals surface area contributed by atoms with Gasteiger partial charge >= 0.3 is 17.9 Å². The van der Waals surface area contributed by atoms with Gasteiger partial charge in [-0.25, -0.2) is 0 Å². The number of ether oxygens (including phenoxy) is 3. The van der Waals surface area contributed by atoms with Crippen LogP contribution in [0.15, 0.2) is 146 Å². The minimum Gasteiger partial charge on any atom is -0.462 e. The summed E-state index contributed by atoms with van der Waals surface area (Å²) in [6.07, 6.45) is 97.6. The molecule has 0 amide bonds. The fraction of sp³-hybridized carbons (Fsp3) is 0.640. The Hall–Kier alpha value is -4.71. The minimum absolute atomic E-state index is 0.0845. The monoisotopic (exact) mass is 1120 g/mol. The molecule has 0 aliphatic heterocycles. The average molecular weight is 1120 g/mol. The molecule has 6 heteroatoms. The Morgan fingerprint density at radius 1 is 0.259 bits per heavy atom. The summed E-state index contributed by atoms with van der Waals surface area (Å²) in [6, 6.07) is 0. The van der Waals surface area contributed by atoms with Gasteiger partial charge in [0.25, 0.3) is 0 Å². The summed E-state index contributed by atoms with van der Waals surface area (Å²) in [5.41, 5.74) is 0. The molecule has 0 fully saturated rings. The van der Waals surface area contributed by atoms with Crippen LogP contribution in [-0.4, -0.2) is 37.2 Å². The van der Waals surface area contributed by atoms with E-state index in [1.807, 2.05) is 0 Å². The van der Waals surface area contributed by atoms with E-state index < -0.39 is 6.10 Å². The first-order valence-corrected chi connectivity index (χ1v) is 33.3. The maximum absolute atomic E-state index is 12.8. The normalized spacial score (nSPS) is 13.1.